The molecule has 2 heteroatoms. The number of fused-ring (bicyclic) bond motifs is 3. The Labute approximate surface area is 124 Å². The maximum absolute atomic E-state index is 4.51. The molecule has 1 aromatic carbocycles. The minimum atomic E-state index is 0.936. The molecule has 0 atom stereocenters. The third-order valence-corrected chi connectivity index (χ3v) is 4.32. The van der Waals surface area contributed by atoms with E-state index >= 15 is 0 Å². The van der Waals surface area contributed by atoms with Gasteiger partial charge in [0.2, 0.25) is 5.69 Å². The fourth-order valence-electron chi connectivity index (χ4n) is 3.21. The van der Waals surface area contributed by atoms with Gasteiger partial charge in [-0.15, -0.1) is 0 Å². The molecule has 0 N–H and O–H groups in total. The molecule has 102 valence electrons. The monoisotopic (exact) mass is 273 g/mol. The lowest BCUT2D eigenvalue weighted by atomic mass is 10.0. The number of hydrogen-bond acceptors (Lipinski definition) is 1. The Balaban J connectivity index is 1.92. The molecular weight excluding hydrogens is 256 g/mol. The topological polar surface area (TPSA) is 16.8 Å². The Bertz CT molecular complexity index is 850. The average molecular weight is 273 g/mol. The van der Waals surface area contributed by atoms with Crippen molar-refractivity contribution in [3.63, 3.8) is 0 Å². The van der Waals surface area contributed by atoms with Gasteiger partial charge in [-0.3, -0.25) is 4.98 Å². The lowest BCUT2D eigenvalue weighted by molar-refractivity contribution is -0.659. The van der Waals surface area contributed by atoms with Crippen LogP contribution >= 0.6 is 0 Å². The lowest BCUT2D eigenvalue weighted by Crippen LogP contribution is -2.31. The van der Waals surface area contributed by atoms with E-state index < -0.39 is 0 Å². The molecule has 0 amide bonds. The molecule has 0 spiro atoms. The highest BCUT2D eigenvalue weighted by Crippen LogP contribution is 2.35. The average Bonchev–Trinajstić information content (AvgIpc) is 2.85. The van der Waals surface area contributed by atoms with E-state index in [1.165, 1.54) is 39.2 Å². The van der Waals surface area contributed by atoms with Gasteiger partial charge >= 0.3 is 0 Å². The number of benzene rings is 1. The van der Waals surface area contributed by atoms with Gasteiger partial charge in [0.15, 0.2) is 6.20 Å². The van der Waals surface area contributed by atoms with Crippen LogP contribution in [0, 0.1) is 6.92 Å². The predicted molar refractivity (Wildman–Crippen MR) is 83.8 cm³/mol. The van der Waals surface area contributed by atoms with Crippen molar-refractivity contribution < 1.29 is 4.57 Å². The largest absolute Gasteiger partial charge is 0.260 e. The number of hydrogen-bond donors (Lipinski definition) is 0. The molecule has 3 aromatic rings. The molecular formula is C19H17N2+. The normalized spacial score (nSPS) is 12.1. The van der Waals surface area contributed by atoms with Crippen LogP contribution in [0.15, 0.2) is 54.9 Å². The van der Waals surface area contributed by atoms with Crippen molar-refractivity contribution in [3.05, 3.63) is 71.7 Å². The SMILES string of the molecule is Cc1ccccc1-c1cc2c(c[n+]1C)-c1cccnc1C2. The zero-order valence-electron chi connectivity index (χ0n) is 12.3. The van der Waals surface area contributed by atoms with E-state index in [-0.39, 0.29) is 0 Å². The number of aryl methyl sites for hydroxylation is 2. The first-order chi connectivity index (χ1) is 10.2. The summed E-state index contributed by atoms with van der Waals surface area (Å²) in [5, 5.41) is 0. The van der Waals surface area contributed by atoms with E-state index in [0.29, 0.717) is 0 Å². The van der Waals surface area contributed by atoms with Crippen LogP contribution in [0.25, 0.3) is 22.4 Å². The van der Waals surface area contributed by atoms with Gasteiger partial charge in [0.1, 0.15) is 7.05 Å². The van der Waals surface area contributed by atoms with Crippen molar-refractivity contribution in [2.75, 3.05) is 0 Å². The van der Waals surface area contributed by atoms with Crippen LogP contribution < -0.4 is 4.57 Å². The highest BCUT2D eigenvalue weighted by molar-refractivity contribution is 5.76. The molecule has 0 unspecified atom stereocenters. The second kappa shape index (κ2) is 4.52. The third kappa shape index (κ3) is 1.87. The maximum Gasteiger partial charge on any atom is 0.212 e. The van der Waals surface area contributed by atoms with Crippen molar-refractivity contribution in [2.24, 2.45) is 7.05 Å². The van der Waals surface area contributed by atoms with Crippen molar-refractivity contribution >= 4 is 0 Å². The summed E-state index contributed by atoms with van der Waals surface area (Å²) >= 11 is 0. The molecule has 2 nitrogen and oxygen atoms in total. The molecule has 0 aliphatic heterocycles. The van der Waals surface area contributed by atoms with E-state index in [9.17, 15) is 0 Å². The summed E-state index contributed by atoms with van der Waals surface area (Å²) < 4.78 is 2.23. The van der Waals surface area contributed by atoms with Gasteiger partial charge in [0, 0.05) is 29.8 Å². The van der Waals surface area contributed by atoms with E-state index in [0.717, 1.165) is 6.42 Å². The Morgan fingerprint density at radius 2 is 1.81 bits per heavy atom. The first-order valence-corrected chi connectivity index (χ1v) is 7.27. The van der Waals surface area contributed by atoms with Gasteiger partial charge in [-0.25, -0.2) is 4.57 Å². The quantitative estimate of drug-likeness (QED) is 0.485. The molecule has 21 heavy (non-hydrogen) atoms. The van der Waals surface area contributed by atoms with Crippen molar-refractivity contribution in [2.45, 2.75) is 13.3 Å². The fourth-order valence-corrected chi connectivity index (χ4v) is 3.21. The van der Waals surface area contributed by atoms with Gasteiger partial charge in [-0.05, 0) is 30.2 Å². The summed E-state index contributed by atoms with van der Waals surface area (Å²) in [6.07, 6.45) is 5.06. The summed E-state index contributed by atoms with van der Waals surface area (Å²) in [5.41, 5.74) is 9.03. The summed E-state index contributed by atoms with van der Waals surface area (Å²) in [7, 11) is 2.12. The van der Waals surface area contributed by atoms with Crippen molar-refractivity contribution in [1.29, 1.82) is 0 Å². The molecule has 1 aliphatic carbocycles. The first kappa shape index (κ1) is 12.3. The summed E-state index contributed by atoms with van der Waals surface area (Å²) in [4.78, 5) is 4.51. The molecule has 0 radical (unpaired) electrons. The van der Waals surface area contributed by atoms with Crippen LogP contribution in [0.4, 0.5) is 0 Å². The van der Waals surface area contributed by atoms with Crippen LogP contribution in [-0.2, 0) is 13.5 Å². The second-order valence-electron chi connectivity index (χ2n) is 5.70. The standard InChI is InChI=1S/C19H17N2/c1-13-6-3-4-7-15(13)19-11-14-10-18-16(8-5-9-20-18)17(14)12-21(19)2/h3-9,11-12H,10H2,1-2H3/q+1. The van der Waals surface area contributed by atoms with E-state index in [4.69, 9.17) is 0 Å². The van der Waals surface area contributed by atoms with E-state index in [1.807, 2.05) is 12.3 Å². The van der Waals surface area contributed by atoms with Crippen molar-refractivity contribution in [1.82, 2.24) is 4.98 Å². The van der Waals surface area contributed by atoms with E-state index in [1.54, 1.807) is 0 Å². The molecule has 0 bridgehead atoms. The van der Waals surface area contributed by atoms with Gasteiger partial charge < -0.3 is 0 Å². The highest BCUT2D eigenvalue weighted by Gasteiger charge is 2.25. The summed E-state index contributed by atoms with van der Waals surface area (Å²) in [6, 6.07) is 15.1. The molecule has 2 aromatic heterocycles. The molecule has 1 aliphatic rings. The zero-order chi connectivity index (χ0) is 14.4. The Morgan fingerprint density at radius 1 is 1.00 bits per heavy atom. The number of nitrogens with zero attached hydrogens (tertiary/aromatic N) is 2. The van der Waals surface area contributed by atoms with Crippen molar-refractivity contribution in [3.8, 4) is 22.4 Å². The lowest BCUT2D eigenvalue weighted by Gasteiger charge is -2.06. The second-order valence-corrected chi connectivity index (χ2v) is 5.70. The Morgan fingerprint density at radius 3 is 2.67 bits per heavy atom. The smallest absolute Gasteiger partial charge is 0.212 e. The molecule has 0 saturated heterocycles. The van der Waals surface area contributed by atoms with Crippen LogP contribution in [0.5, 0.6) is 0 Å². The Kier molecular flexibility index (Phi) is 2.64. The van der Waals surface area contributed by atoms with Gasteiger partial charge in [-0.1, -0.05) is 24.3 Å². The number of aromatic nitrogens is 2. The first-order valence-electron chi connectivity index (χ1n) is 7.27. The van der Waals surface area contributed by atoms with Crippen LogP contribution in [0.1, 0.15) is 16.8 Å². The number of rotatable bonds is 1. The van der Waals surface area contributed by atoms with Gasteiger partial charge in [0.05, 0.1) is 11.3 Å². The van der Waals surface area contributed by atoms with Crippen LogP contribution in [0.2, 0.25) is 0 Å². The van der Waals surface area contributed by atoms with Crippen LogP contribution in [-0.4, -0.2) is 4.98 Å². The molecule has 4 rings (SSSR count). The minimum Gasteiger partial charge on any atom is -0.260 e. The third-order valence-electron chi connectivity index (χ3n) is 4.32. The molecule has 0 fully saturated rings. The van der Waals surface area contributed by atoms with Gasteiger partial charge in [-0.2, -0.15) is 0 Å². The highest BCUT2D eigenvalue weighted by atomic mass is 14.9. The summed E-state index contributed by atoms with van der Waals surface area (Å²) in [5.74, 6) is 0. The summed E-state index contributed by atoms with van der Waals surface area (Å²) in [6.45, 7) is 2.17. The zero-order valence-corrected chi connectivity index (χ0v) is 12.3. The predicted octanol–water partition coefficient (Wildman–Crippen LogP) is 3.45. The van der Waals surface area contributed by atoms with Crippen LogP contribution in [0.3, 0.4) is 0 Å². The molecule has 2 heterocycles. The minimum absolute atomic E-state index is 0.936. The maximum atomic E-state index is 4.51. The molecule has 0 saturated carbocycles. The fraction of sp³-hybridized carbons (Fsp3) is 0.158. The Hall–Kier alpha value is -2.48. The number of pyridine rings is 2. The van der Waals surface area contributed by atoms with Gasteiger partial charge in [0.25, 0.3) is 0 Å². The van der Waals surface area contributed by atoms with E-state index in [2.05, 4.69) is 66.1 Å².